The molecule has 0 spiro atoms. The number of aromatic nitrogens is 2. The summed E-state index contributed by atoms with van der Waals surface area (Å²) in [5, 5.41) is 4.49. The standard InChI is InChI=1S/C7H11ClN2O/c1-5(2)11-7-6(8)4-9-10(7)3/h4-5H,1-3H3. The first-order valence-electron chi connectivity index (χ1n) is 3.45. The third-order valence-corrected chi connectivity index (χ3v) is 1.45. The summed E-state index contributed by atoms with van der Waals surface area (Å²) < 4.78 is 7.00. The van der Waals surface area contributed by atoms with Crippen LogP contribution < -0.4 is 4.74 Å². The molecule has 1 rings (SSSR count). The molecule has 3 nitrogen and oxygen atoms in total. The Morgan fingerprint density at radius 2 is 2.27 bits per heavy atom. The van der Waals surface area contributed by atoms with Crippen molar-refractivity contribution in [3.8, 4) is 5.88 Å². The summed E-state index contributed by atoms with van der Waals surface area (Å²) >= 11 is 5.78. The lowest BCUT2D eigenvalue weighted by molar-refractivity contribution is 0.221. The first kappa shape index (κ1) is 8.40. The average molecular weight is 175 g/mol. The Kier molecular flexibility index (Phi) is 2.39. The number of halogens is 1. The van der Waals surface area contributed by atoms with Crippen molar-refractivity contribution >= 4 is 11.6 Å². The smallest absolute Gasteiger partial charge is 0.231 e. The van der Waals surface area contributed by atoms with E-state index in [4.69, 9.17) is 16.3 Å². The van der Waals surface area contributed by atoms with Gasteiger partial charge in [-0.25, -0.2) is 4.68 Å². The molecular formula is C7H11ClN2O. The number of ether oxygens (including phenoxy) is 1. The third kappa shape index (κ3) is 1.87. The summed E-state index contributed by atoms with van der Waals surface area (Å²) in [5.41, 5.74) is 0. The number of rotatable bonds is 2. The third-order valence-electron chi connectivity index (χ3n) is 1.19. The molecule has 0 aromatic carbocycles. The van der Waals surface area contributed by atoms with Crippen LogP contribution in [0.3, 0.4) is 0 Å². The Morgan fingerprint density at radius 3 is 2.64 bits per heavy atom. The molecular weight excluding hydrogens is 164 g/mol. The van der Waals surface area contributed by atoms with Crippen LogP contribution in [0.2, 0.25) is 5.02 Å². The molecule has 0 bridgehead atoms. The van der Waals surface area contributed by atoms with Gasteiger partial charge in [0.15, 0.2) is 0 Å². The van der Waals surface area contributed by atoms with Crippen molar-refractivity contribution in [2.24, 2.45) is 7.05 Å². The lowest BCUT2D eigenvalue weighted by Crippen LogP contribution is -2.09. The van der Waals surface area contributed by atoms with Crippen LogP contribution in [0.15, 0.2) is 6.20 Å². The van der Waals surface area contributed by atoms with E-state index < -0.39 is 0 Å². The molecule has 0 unspecified atom stereocenters. The van der Waals surface area contributed by atoms with Gasteiger partial charge in [0.1, 0.15) is 5.02 Å². The zero-order valence-electron chi connectivity index (χ0n) is 6.84. The van der Waals surface area contributed by atoms with Crippen LogP contribution in [0.25, 0.3) is 0 Å². The van der Waals surface area contributed by atoms with Crippen molar-refractivity contribution in [2.45, 2.75) is 20.0 Å². The van der Waals surface area contributed by atoms with E-state index >= 15 is 0 Å². The molecule has 1 aromatic heterocycles. The van der Waals surface area contributed by atoms with Gasteiger partial charge in [0.25, 0.3) is 0 Å². The molecule has 0 N–H and O–H groups in total. The van der Waals surface area contributed by atoms with Gasteiger partial charge in [0, 0.05) is 7.05 Å². The Bertz CT molecular complexity index is 225. The molecule has 0 aliphatic rings. The summed E-state index contributed by atoms with van der Waals surface area (Å²) in [5.74, 6) is 0.627. The zero-order valence-corrected chi connectivity index (χ0v) is 7.59. The minimum absolute atomic E-state index is 0.128. The fraction of sp³-hybridized carbons (Fsp3) is 0.571. The maximum Gasteiger partial charge on any atom is 0.231 e. The Balaban J connectivity index is 2.83. The highest BCUT2D eigenvalue weighted by Gasteiger charge is 2.08. The predicted molar refractivity (Wildman–Crippen MR) is 44.0 cm³/mol. The largest absolute Gasteiger partial charge is 0.474 e. The summed E-state index contributed by atoms with van der Waals surface area (Å²) in [6.45, 7) is 3.90. The number of nitrogens with zero attached hydrogens (tertiary/aromatic N) is 2. The topological polar surface area (TPSA) is 27.1 Å². The van der Waals surface area contributed by atoms with Crippen LogP contribution in [0.5, 0.6) is 5.88 Å². The van der Waals surface area contributed by atoms with Crippen molar-refractivity contribution in [1.82, 2.24) is 9.78 Å². The van der Waals surface area contributed by atoms with Crippen LogP contribution in [0, 0.1) is 0 Å². The SMILES string of the molecule is CC(C)Oc1c(Cl)cnn1C. The summed E-state index contributed by atoms with van der Waals surface area (Å²) in [7, 11) is 1.80. The number of hydrogen-bond acceptors (Lipinski definition) is 2. The molecule has 0 aliphatic heterocycles. The molecule has 1 heterocycles. The molecule has 0 saturated carbocycles. The van der Waals surface area contributed by atoms with Crippen molar-refractivity contribution < 1.29 is 4.74 Å². The Hall–Kier alpha value is -0.700. The minimum atomic E-state index is 0.128. The quantitative estimate of drug-likeness (QED) is 0.685. The second kappa shape index (κ2) is 3.13. The van der Waals surface area contributed by atoms with E-state index in [0.717, 1.165) is 0 Å². The molecule has 0 amide bonds. The van der Waals surface area contributed by atoms with Crippen molar-refractivity contribution in [1.29, 1.82) is 0 Å². The highest BCUT2D eigenvalue weighted by molar-refractivity contribution is 6.31. The molecule has 0 atom stereocenters. The number of aryl methyl sites for hydroxylation is 1. The minimum Gasteiger partial charge on any atom is -0.474 e. The molecule has 62 valence electrons. The summed E-state index contributed by atoms with van der Waals surface area (Å²) in [6, 6.07) is 0. The van der Waals surface area contributed by atoms with E-state index in [1.165, 1.54) is 0 Å². The Labute approximate surface area is 70.9 Å². The Morgan fingerprint density at radius 1 is 1.64 bits per heavy atom. The lowest BCUT2D eigenvalue weighted by Gasteiger charge is -2.09. The van der Waals surface area contributed by atoms with Gasteiger partial charge >= 0.3 is 0 Å². The van der Waals surface area contributed by atoms with Gasteiger partial charge in [-0.2, -0.15) is 5.10 Å². The highest BCUT2D eigenvalue weighted by Crippen LogP contribution is 2.23. The van der Waals surface area contributed by atoms with Gasteiger partial charge in [-0.1, -0.05) is 11.6 Å². The van der Waals surface area contributed by atoms with Crippen LogP contribution >= 0.6 is 11.6 Å². The van der Waals surface area contributed by atoms with E-state index in [9.17, 15) is 0 Å². The van der Waals surface area contributed by atoms with E-state index in [0.29, 0.717) is 10.9 Å². The number of hydrogen-bond donors (Lipinski definition) is 0. The maximum absolute atomic E-state index is 5.78. The van der Waals surface area contributed by atoms with Crippen LogP contribution in [0.4, 0.5) is 0 Å². The second-order valence-electron chi connectivity index (χ2n) is 2.59. The van der Waals surface area contributed by atoms with E-state index in [1.54, 1.807) is 17.9 Å². The second-order valence-corrected chi connectivity index (χ2v) is 3.00. The molecule has 11 heavy (non-hydrogen) atoms. The molecule has 0 saturated heterocycles. The van der Waals surface area contributed by atoms with E-state index in [1.807, 2.05) is 13.8 Å². The van der Waals surface area contributed by atoms with Crippen molar-refractivity contribution in [3.63, 3.8) is 0 Å². The van der Waals surface area contributed by atoms with E-state index in [-0.39, 0.29) is 6.10 Å². The van der Waals surface area contributed by atoms with Crippen LogP contribution in [0.1, 0.15) is 13.8 Å². The lowest BCUT2D eigenvalue weighted by atomic mass is 10.5. The van der Waals surface area contributed by atoms with Crippen LogP contribution in [-0.4, -0.2) is 15.9 Å². The van der Waals surface area contributed by atoms with Gasteiger partial charge in [0.2, 0.25) is 5.88 Å². The molecule has 0 radical (unpaired) electrons. The van der Waals surface area contributed by atoms with Gasteiger partial charge in [-0.3, -0.25) is 0 Å². The fourth-order valence-corrected chi connectivity index (χ4v) is 0.966. The normalized spacial score (nSPS) is 10.6. The molecule has 1 aromatic rings. The van der Waals surface area contributed by atoms with Gasteiger partial charge < -0.3 is 4.74 Å². The first-order valence-corrected chi connectivity index (χ1v) is 3.83. The molecule has 4 heteroatoms. The molecule has 0 fully saturated rings. The summed E-state index contributed by atoms with van der Waals surface area (Å²) in [6.07, 6.45) is 1.70. The molecule has 0 aliphatic carbocycles. The fourth-order valence-electron chi connectivity index (χ4n) is 0.755. The maximum atomic E-state index is 5.78. The first-order chi connectivity index (χ1) is 5.11. The zero-order chi connectivity index (χ0) is 8.43. The van der Waals surface area contributed by atoms with Crippen molar-refractivity contribution in [3.05, 3.63) is 11.2 Å². The average Bonchev–Trinajstić information content (AvgIpc) is 2.18. The van der Waals surface area contributed by atoms with Crippen molar-refractivity contribution in [2.75, 3.05) is 0 Å². The predicted octanol–water partition coefficient (Wildman–Crippen LogP) is 1.86. The van der Waals surface area contributed by atoms with Gasteiger partial charge in [0.05, 0.1) is 12.3 Å². The monoisotopic (exact) mass is 174 g/mol. The van der Waals surface area contributed by atoms with Crippen LogP contribution in [-0.2, 0) is 7.05 Å². The van der Waals surface area contributed by atoms with Gasteiger partial charge in [-0.15, -0.1) is 0 Å². The van der Waals surface area contributed by atoms with E-state index in [2.05, 4.69) is 5.10 Å². The summed E-state index contributed by atoms with van der Waals surface area (Å²) in [4.78, 5) is 0. The van der Waals surface area contributed by atoms with Gasteiger partial charge in [-0.05, 0) is 13.8 Å². The highest BCUT2D eigenvalue weighted by atomic mass is 35.5.